The van der Waals surface area contributed by atoms with Gasteiger partial charge in [0.1, 0.15) is 0 Å². The van der Waals surface area contributed by atoms with Gasteiger partial charge >= 0.3 is 0 Å². The van der Waals surface area contributed by atoms with Gasteiger partial charge in [0.05, 0.1) is 15.7 Å². The predicted molar refractivity (Wildman–Crippen MR) is 84.5 cm³/mol. The number of amides is 1. The summed E-state index contributed by atoms with van der Waals surface area (Å²) in [6, 6.07) is 5.20. The van der Waals surface area contributed by atoms with Crippen LogP contribution in [0.15, 0.2) is 18.2 Å². The molecule has 1 aliphatic rings. The lowest BCUT2D eigenvalue weighted by Crippen LogP contribution is -2.34. The van der Waals surface area contributed by atoms with Gasteiger partial charge in [0.2, 0.25) is 5.91 Å². The van der Waals surface area contributed by atoms with Gasteiger partial charge in [0.25, 0.3) is 0 Å². The number of rotatable bonds is 4. The highest BCUT2D eigenvalue weighted by Gasteiger charge is 2.22. The van der Waals surface area contributed by atoms with Crippen molar-refractivity contribution in [2.75, 3.05) is 18.4 Å². The zero-order valence-electron chi connectivity index (χ0n) is 11.6. The van der Waals surface area contributed by atoms with Gasteiger partial charge in [-0.3, -0.25) is 4.79 Å². The van der Waals surface area contributed by atoms with Crippen molar-refractivity contribution in [2.24, 2.45) is 11.8 Å². The number of benzene rings is 1. The molecular formula is C15H20Cl2N2O. The topological polar surface area (TPSA) is 41.1 Å². The molecule has 5 heteroatoms. The standard InChI is InChI=1S/C15H20Cl2N2O/c1-10(11-4-3-7-18-9-11)8-14(20)19-15-12(16)5-2-6-13(15)17/h2,5-6,10-11,18H,3-4,7-9H2,1H3,(H,19,20). The van der Waals surface area contributed by atoms with E-state index in [4.69, 9.17) is 23.2 Å². The summed E-state index contributed by atoms with van der Waals surface area (Å²) in [7, 11) is 0. The van der Waals surface area contributed by atoms with E-state index in [0.29, 0.717) is 34.0 Å². The van der Waals surface area contributed by atoms with Crippen molar-refractivity contribution in [1.29, 1.82) is 0 Å². The first-order valence-corrected chi connectivity index (χ1v) is 7.78. The molecule has 1 aromatic carbocycles. The molecule has 0 aromatic heterocycles. The molecule has 0 radical (unpaired) electrons. The molecule has 0 aliphatic carbocycles. The monoisotopic (exact) mass is 314 g/mol. The van der Waals surface area contributed by atoms with Crippen LogP contribution in [-0.4, -0.2) is 19.0 Å². The fraction of sp³-hybridized carbons (Fsp3) is 0.533. The maximum absolute atomic E-state index is 12.1. The van der Waals surface area contributed by atoms with E-state index in [9.17, 15) is 4.79 Å². The molecule has 1 saturated heterocycles. The Morgan fingerprint density at radius 2 is 2.15 bits per heavy atom. The molecule has 20 heavy (non-hydrogen) atoms. The molecule has 0 saturated carbocycles. The average molecular weight is 315 g/mol. The first kappa shape index (κ1) is 15.6. The normalized spacial score (nSPS) is 20.4. The second kappa shape index (κ2) is 7.30. The highest BCUT2D eigenvalue weighted by atomic mass is 35.5. The van der Waals surface area contributed by atoms with Crippen LogP contribution in [-0.2, 0) is 4.79 Å². The molecule has 1 heterocycles. The summed E-state index contributed by atoms with van der Waals surface area (Å²) in [4.78, 5) is 12.1. The van der Waals surface area contributed by atoms with E-state index < -0.39 is 0 Å². The predicted octanol–water partition coefficient (Wildman–Crippen LogP) is 3.96. The molecule has 2 rings (SSSR count). The van der Waals surface area contributed by atoms with E-state index in [2.05, 4.69) is 17.6 Å². The summed E-state index contributed by atoms with van der Waals surface area (Å²) in [5, 5.41) is 7.15. The molecule has 1 aliphatic heterocycles. The van der Waals surface area contributed by atoms with Crippen molar-refractivity contribution in [3.63, 3.8) is 0 Å². The largest absolute Gasteiger partial charge is 0.324 e. The fourth-order valence-electron chi connectivity index (χ4n) is 2.63. The Hall–Kier alpha value is -0.770. The maximum atomic E-state index is 12.1. The van der Waals surface area contributed by atoms with Crippen molar-refractivity contribution in [1.82, 2.24) is 5.32 Å². The number of para-hydroxylation sites is 1. The highest BCUT2D eigenvalue weighted by Crippen LogP contribution is 2.30. The van der Waals surface area contributed by atoms with Crippen molar-refractivity contribution in [3.8, 4) is 0 Å². The SMILES string of the molecule is CC(CC(=O)Nc1c(Cl)cccc1Cl)C1CCCNC1. The summed E-state index contributed by atoms with van der Waals surface area (Å²) >= 11 is 12.1. The molecule has 1 amide bonds. The van der Waals surface area contributed by atoms with Crippen LogP contribution in [0.5, 0.6) is 0 Å². The number of nitrogens with one attached hydrogen (secondary N) is 2. The third kappa shape index (κ3) is 4.11. The summed E-state index contributed by atoms with van der Waals surface area (Å²) in [5.74, 6) is 0.887. The maximum Gasteiger partial charge on any atom is 0.224 e. The van der Waals surface area contributed by atoms with Gasteiger partial charge in [-0.05, 0) is 49.9 Å². The van der Waals surface area contributed by atoms with Crippen LogP contribution in [0.4, 0.5) is 5.69 Å². The van der Waals surface area contributed by atoms with Crippen LogP contribution in [0.3, 0.4) is 0 Å². The lowest BCUT2D eigenvalue weighted by Gasteiger charge is -2.28. The fourth-order valence-corrected chi connectivity index (χ4v) is 3.12. The van der Waals surface area contributed by atoms with Gasteiger partial charge in [0.15, 0.2) is 0 Å². The minimum Gasteiger partial charge on any atom is -0.324 e. The Kier molecular flexibility index (Phi) is 5.70. The smallest absolute Gasteiger partial charge is 0.224 e. The zero-order chi connectivity index (χ0) is 14.5. The van der Waals surface area contributed by atoms with Crippen molar-refractivity contribution in [2.45, 2.75) is 26.2 Å². The second-order valence-corrected chi connectivity index (χ2v) is 6.25. The van der Waals surface area contributed by atoms with Gasteiger partial charge in [-0.25, -0.2) is 0 Å². The number of carbonyl (C=O) groups excluding carboxylic acids is 1. The molecule has 110 valence electrons. The number of anilines is 1. The molecular weight excluding hydrogens is 295 g/mol. The number of hydrogen-bond acceptors (Lipinski definition) is 2. The van der Waals surface area contributed by atoms with Gasteiger partial charge in [-0.15, -0.1) is 0 Å². The number of hydrogen-bond donors (Lipinski definition) is 2. The second-order valence-electron chi connectivity index (χ2n) is 5.43. The molecule has 2 N–H and O–H groups in total. The van der Waals surface area contributed by atoms with Gasteiger partial charge in [-0.2, -0.15) is 0 Å². The van der Waals surface area contributed by atoms with E-state index in [-0.39, 0.29) is 5.91 Å². The molecule has 2 atom stereocenters. The van der Waals surface area contributed by atoms with Crippen LogP contribution >= 0.6 is 23.2 Å². The quantitative estimate of drug-likeness (QED) is 0.883. The molecule has 2 unspecified atom stereocenters. The van der Waals surface area contributed by atoms with Gasteiger partial charge < -0.3 is 10.6 Å². The van der Waals surface area contributed by atoms with Crippen LogP contribution in [0.25, 0.3) is 0 Å². The highest BCUT2D eigenvalue weighted by molar-refractivity contribution is 6.39. The Labute approximate surface area is 130 Å². The van der Waals surface area contributed by atoms with E-state index in [1.165, 1.54) is 12.8 Å². The van der Waals surface area contributed by atoms with E-state index in [1.807, 2.05) is 0 Å². The summed E-state index contributed by atoms with van der Waals surface area (Å²) in [6.45, 7) is 4.22. The van der Waals surface area contributed by atoms with Crippen LogP contribution < -0.4 is 10.6 Å². The minimum atomic E-state index is -0.0296. The number of carbonyl (C=O) groups is 1. The Morgan fingerprint density at radius 1 is 1.45 bits per heavy atom. The molecule has 3 nitrogen and oxygen atoms in total. The molecule has 1 fully saturated rings. The first-order valence-electron chi connectivity index (χ1n) is 7.02. The summed E-state index contributed by atoms with van der Waals surface area (Å²) in [6.07, 6.45) is 2.87. The minimum absolute atomic E-state index is 0.0296. The number of halogens is 2. The third-order valence-electron chi connectivity index (χ3n) is 3.87. The Bertz CT molecular complexity index is 453. The van der Waals surface area contributed by atoms with Crippen molar-refractivity contribution < 1.29 is 4.79 Å². The first-order chi connectivity index (χ1) is 9.58. The Balaban J connectivity index is 1.91. The summed E-state index contributed by atoms with van der Waals surface area (Å²) in [5.41, 5.74) is 0.509. The van der Waals surface area contributed by atoms with Crippen LogP contribution in [0.1, 0.15) is 26.2 Å². The zero-order valence-corrected chi connectivity index (χ0v) is 13.1. The summed E-state index contributed by atoms with van der Waals surface area (Å²) < 4.78 is 0. The lowest BCUT2D eigenvalue weighted by molar-refractivity contribution is -0.117. The average Bonchev–Trinajstić information content (AvgIpc) is 2.44. The van der Waals surface area contributed by atoms with E-state index in [0.717, 1.165) is 13.1 Å². The Morgan fingerprint density at radius 3 is 2.75 bits per heavy atom. The number of piperidine rings is 1. The van der Waals surface area contributed by atoms with Crippen LogP contribution in [0.2, 0.25) is 10.0 Å². The molecule has 1 aromatic rings. The van der Waals surface area contributed by atoms with Crippen molar-refractivity contribution >= 4 is 34.8 Å². The van der Waals surface area contributed by atoms with Crippen molar-refractivity contribution in [3.05, 3.63) is 28.2 Å². The van der Waals surface area contributed by atoms with Gasteiger partial charge in [0, 0.05) is 6.42 Å². The molecule has 0 bridgehead atoms. The van der Waals surface area contributed by atoms with E-state index >= 15 is 0 Å². The third-order valence-corrected chi connectivity index (χ3v) is 4.50. The lowest BCUT2D eigenvalue weighted by atomic mass is 9.85. The van der Waals surface area contributed by atoms with Crippen LogP contribution in [0, 0.1) is 11.8 Å². The van der Waals surface area contributed by atoms with E-state index in [1.54, 1.807) is 18.2 Å². The van der Waals surface area contributed by atoms with Gasteiger partial charge in [-0.1, -0.05) is 36.2 Å². The molecule has 0 spiro atoms.